The second-order valence-electron chi connectivity index (χ2n) is 6.28. The molecule has 2 aromatic carbocycles. The molecule has 27 heavy (non-hydrogen) atoms. The van der Waals surface area contributed by atoms with Gasteiger partial charge >= 0.3 is 0 Å². The van der Waals surface area contributed by atoms with Crippen LogP contribution in [0.2, 0.25) is 5.02 Å². The van der Waals surface area contributed by atoms with Gasteiger partial charge in [0.25, 0.3) is 0 Å². The van der Waals surface area contributed by atoms with Crippen molar-refractivity contribution in [2.45, 2.75) is 29.1 Å². The normalized spacial score (nSPS) is 15.4. The fourth-order valence-corrected chi connectivity index (χ4v) is 5.18. The summed E-state index contributed by atoms with van der Waals surface area (Å²) in [6, 6.07) is 13.6. The van der Waals surface area contributed by atoms with E-state index in [2.05, 4.69) is 5.32 Å². The SMILES string of the molecule is O=C(CSc1ccc(Cl)cc1)Nc1ccc(S(=O)(=O)N2CCCCC2)cc1. The summed E-state index contributed by atoms with van der Waals surface area (Å²) in [7, 11) is -3.45. The molecule has 2 aromatic rings. The van der Waals surface area contributed by atoms with Crippen molar-refractivity contribution in [3.05, 3.63) is 53.6 Å². The van der Waals surface area contributed by atoms with E-state index >= 15 is 0 Å². The molecule has 0 radical (unpaired) electrons. The molecule has 144 valence electrons. The van der Waals surface area contributed by atoms with Gasteiger partial charge in [-0.3, -0.25) is 4.79 Å². The summed E-state index contributed by atoms with van der Waals surface area (Å²) < 4.78 is 26.8. The molecular formula is C19H21ClN2O3S2. The van der Waals surface area contributed by atoms with Crippen molar-refractivity contribution < 1.29 is 13.2 Å². The molecule has 0 saturated carbocycles. The summed E-state index contributed by atoms with van der Waals surface area (Å²) in [5.41, 5.74) is 0.578. The number of benzene rings is 2. The average Bonchev–Trinajstić information content (AvgIpc) is 2.69. The van der Waals surface area contributed by atoms with Crippen molar-refractivity contribution in [3.8, 4) is 0 Å². The predicted octanol–water partition coefficient (Wildman–Crippen LogP) is 4.25. The highest BCUT2D eigenvalue weighted by molar-refractivity contribution is 8.00. The second kappa shape index (κ2) is 9.10. The number of anilines is 1. The Morgan fingerprint density at radius 1 is 1.00 bits per heavy atom. The van der Waals surface area contributed by atoms with E-state index in [1.807, 2.05) is 12.1 Å². The smallest absolute Gasteiger partial charge is 0.243 e. The van der Waals surface area contributed by atoms with Gasteiger partial charge in [0.15, 0.2) is 0 Å². The fraction of sp³-hybridized carbons (Fsp3) is 0.316. The lowest BCUT2D eigenvalue weighted by Crippen LogP contribution is -2.35. The summed E-state index contributed by atoms with van der Waals surface area (Å²) in [6.45, 7) is 1.14. The van der Waals surface area contributed by atoms with Crippen LogP contribution in [0.4, 0.5) is 5.69 Å². The molecule has 1 fully saturated rings. The Hall–Kier alpha value is -1.54. The van der Waals surface area contributed by atoms with Crippen LogP contribution in [-0.2, 0) is 14.8 Å². The molecule has 3 rings (SSSR count). The van der Waals surface area contributed by atoms with E-state index < -0.39 is 10.0 Å². The Morgan fingerprint density at radius 2 is 1.63 bits per heavy atom. The Bertz CT molecular complexity index is 878. The first-order chi connectivity index (χ1) is 12.9. The van der Waals surface area contributed by atoms with Crippen LogP contribution in [0, 0.1) is 0 Å². The van der Waals surface area contributed by atoms with Gasteiger partial charge in [-0.2, -0.15) is 4.31 Å². The van der Waals surface area contributed by atoms with Crippen molar-refractivity contribution in [3.63, 3.8) is 0 Å². The van der Waals surface area contributed by atoms with E-state index in [1.54, 1.807) is 36.4 Å². The van der Waals surface area contributed by atoms with Crippen LogP contribution in [0.1, 0.15) is 19.3 Å². The highest BCUT2D eigenvalue weighted by Gasteiger charge is 2.25. The number of nitrogens with zero attached hydrogens (tertiary/aromatic N) is 1. The number of halogens is 1. The molecule has 5 nitrogen and oxygen atoms in total. The molecule has 1 aliphatic heterocycles. The van der Waals surface area contributed by atoms with Gasteiger partial charge in [0.1, 0.15) is 0 Å². The molecule has 0 aliphatic carbocycles. The summed E-state index contributed by atoms with van der Waals surface area (Å²) in [6.07, 6.45) is 2.88. The molecule has 0 unspecified atom stereocenters. The zero-order valence-corrected chi connectivity index (χ0v) is 17.1. The molecule has 0 aromatic heterocycles. The maximum atomic E-state index is 12.6. The zero-order chi connectivity index (χ0) is 19.3. The molecule has 1 heterocycles. The Morgan fingerprint density at radius 3 is 2.26 bits per heavy atom. The van der Waals surface area contributed by atoms with Crippen LogP contribution in [-0.4, -0.2) is 37.5 Å². The van der Waals surface area contributed by atoms with Crippen molar-refractivity contribution >= 4 is 45.0 Å². The lowest BCUT2D eigenvalue weighted by atomic mass is 10.2. The van der Waals surface area contributed by atoms with Gasteiger partial charge in [0, 0.05) is 28.7 Å². The number of sulfonamides is 1. The zero-order valence-electron chi connectivity index (χ0n) is 14.7. The van der Waals surface area contributed by atoms with Gasteiger partial charge in [-0.1, -0.05) is 18.0 Å². The molecule has 0 atom stereocenters. The Labute approximate surface area is 169 Å². The number of hydrogen-bond donors (Lipinski definition) is 1. The Kier molecular flexibility index (Phi) is 6.81. The van der Waals surface area contributed by atoms with Crippen molar-refractivity contribution in [1.82, 2.24) is 4.31 Å². The standard InChI is InChI=1S/C19H21ClN2O3S2/c20-15-4-8-17(9-5-15)26-14-19(23)21-16-6-10-18(11-7-16)27(24,25)22-12-2-1-3-13-22/h4-11H,1-3,12-14H2,(H,21,23). The lowest BCUT2D eigenvalue weighted by Gasteiger charge is -2.25. The van der Waals surface area contributed by atoms with Crippen LogP contribution >= 0.6 is 23.4 Å². The number of rotatable bonds is 6. The third-order valence-electron chi connectivity index (χ3n) is 4.27. The van der Waals surface area contributed by atoms with Crippen LogP contribution < -0.4 is 5.32 Å². The minimum absolute atomic E-state index is 0.151. The summed E-state index contributed by atoms with van der Waals surface area (Å²) in [5, 5.41) is 3.44. The molecule has 8 heteroatoms. The summed E-state index contributed by atoms with van der Waals surface area (Å²) in [4.78, 5) is 13.3. The van der Waals surface area contributed by atoms with Gasteiger partial charge in [-0.15, -0.1) is 11.8 Å². The van der Waals surface area contributed by atoms with Crippen molar-refractivity contribution in [1.29, 1.82) is 0 Å². The molecular weight excluding hydrogens is 404 g/mol. The van der Waals surface area contributed by atoms with Gasteiger partial charge in [0.05, 0.1) is 10.6 Å². The number of thioether (sulfide) groups is 1. The fourth-order valence-electron chi connectivity index (χ4n) is 2.84. The number of nitrogens with one attached hydrogen (secondary N) is 1. The van der Waals surface area contributed by atoms with Crippen LogP contribution in [0.5, 0.6) is 0 Å². The first-order valence-electron chi connectivity index (χ1n) is 8.73. The molecule has 1 N–H and O–H groups in total. The van der Waals surface area contributed by atoms with Crippen LogP contribution in [0.25, 0.3) is 0 Å². The number of carbonyl (C=O) groups excluding carboxylic acids is 1. The molecule has 1 saturated heterocycles. The van der Waals surface area contributed by atoms with Gasteiger partial charge in [-0.25, -0.2) is 8.42 Å². The minimum atomic E-state index is -3.45. The Balaban J connectivity index is 1.56. The molecule has 1 amide bonds. The average molecular weight is 425 g/mol. The number of hydrogen-bond acceptors (Lipinski definition) is 4. The maximum absolute atomic E-state index is 12.6. The third kappa shape index (κ3) is 5.48. The van der Waals surface area contributed by atoms with Gasteiger partial charge in [-0.05, 0) is 61.4 Å². The molecule has 0 spiro atoms. The first-order valence-corrected chi connectivity index (χ1v) is 11.5. The topological polar surface area (TPSA) is 66.5 Å². The monoisotopic (exact) mass is 424 g/mol. The van der Waals surface area contributed by atoms with Gasteiger partial charge in [0.2, 0.25) is 15.9 Å². The second-order valence-corrected chi connectivity index (χ2v) is 9.70. The summed E-state index contributed by atoms with van der Waals surface area (Å²) >= 11 is 7.25. The van der Waals surface area contributed by atoms with Gasteiger partial charge < -0.3 is 5.32 Å². The third-order valence-corrected chi connectivity index (χ3v) is 7.45. The molecule has 0 bridgehead atoms. The molecule has 1 aliphatic rings. The predicted molar refractivity (Wildman–Crippen MR) is 110 cm³/mol. The van der Waals surface area contributed by atoms with Crippen LogP contribution in [0.3, 0.4) is 0 Å². The number of carbonyl (C=O) groups is 1. The van der Waals surface area contributed by atoms with Crippen molar-refractivity contribution in [2.75, 3.05) is 24.2 Å². The highest BCUT2D eigenvalue weighted by Crippen LogP contribution is 2.23. The minimum Gasteiger partial charge on any atom is -0.325 e. The summed E-state index contributed by atoms with van der Waals surface area (Å²) in [5.74, 6) is 0.108. The highest BCUT2D eigenvalue weighted by atomic mass is 35.5. The van der Waals surface area contributed by atoms with E-state index in [0.717, 1.165) is 24.2 Å². The maximum Gasteiger partial charge on any atom is 0.243 e. The first kappa shape index (κ1) is 20.2. The number of piperidine rings is 1. The van der Waals surface area contributed by atoms with E-state index in [1.165, 1.54) is 16.1 Å². The largest absolute Gasteiger partial charge is 0.325 e. The van der Waals surface area contributed by atoms with Crippen LogP contribution in [0.15, 0.2) is 58.3 Å². The number of amides is 1. The lowest BCUT2D eigenvalue weighted by molar-refractivity contribution is -0.113. The van der Waals surface area contributed by atoms with E-state index in [9.17, 15) is 13.2 Å². The van der Waals surface area contributed by atoms with E-state index in [4.69, 9.17) is 11.6 Å². The van der Waals surface area contributed by atoms with E-state index in [-0.39, 0.29) is 16.6 Å². The van der Waals surface area contributed by atoms with Crippen molar-refractivity contribution in [2.24, 2.45) is 0 Å². The quantitative estimate of drug-likeness (QED) is 0.704. The van der Waals surface area contributed by atoms with E-state index in [0.29, 0.717) is 23.8 Å².